The van der Waals surface area contributed by atoms with Crippen LogP contribution in [0, 0.1) is 19.8 Å². The summed E-state index contributed by atoms with van der Waals surface area (Å²) >= 11 is 0. The predicted molar refractivity (Wildman–Crippen MR) is 152 cm³/mol. The molecule has 0 spiro atoms. The van der Waals surface area contributed by atoms with E-state index in [-0.39, 0.29) is 53.3 Å². The first-order chi connectivity index (χ1) is 19.0. The van der Waals surface area contributed by atoms with E-state index in [0.29, 0.717) is 30.1 Å². The number of hydrogen-bond acceptors (Lipinski definition) is 8. The maximum absolute atomic E-state index is 13.5. The van der Waals surface area contributed by atoms with Gasteiger partial charge in [-0.1, -0.05) is 42.4 Å². The Balaban J connectivity index is 1.65. The summed E-state index contributed by atoms with van der Waals surface area (Å²) in [6.45, 7) is 8.56. The number of aliphatic hydroxyl groups is 1. The number of carbonyl (C=O) groups excluding carboxylic acids is 1. The highest BCUT2D eigenvalue weighted by Crippen LogP contribution is 2.31. The van der Waals surface area contributed by atoms with Crippen LogP contribution >= 0.6 is 0 Å². The third-order valence-corrected chi connectivity index (χ3v) is 8.82. The Kier molecular flexibility index (Phi) is 9.17. The van der Waals surface area contributed by atoms with Gasteiger partial charge in [0.05, 0.1) is 19.1 Å². The van der Waals surface area contributed by atoms with E-state index >= 15 is 0 Å². The number of carbonyl (C=O) groups is 1. The lowest BCUT2D eigenvalue weighted by molar-refractivity contribution is -0.134. The van der Waals surface area contributed by atoms with Crippen molar-refractivity contribution in [2.45, 2.75) is 57.7 Å². The number of aryl methyl sites for hydroxylation is 2. The van der Waals surface area contributed by atoms with Gasteiger partial charge in [-0.05, 0) is 51.6 Å². The third-order valence-electron chi connectivity index (χ3n) is 7.19. The molecule has 3 atom stereocenters. The van der Waals surface area contributed by atoms with E-state index in [1.165, 1.54) is 12.5 Å². The number of ether oxygens (including phenoxy) is 1. The summed E-state index contributed by atoms with van der Waals surface area (Å²) < 4.78 is 40.4. The highest BCUT2D eigenvalue weighted by molar-refractivity contribution is 7.92. The van der Waals surface area contributed by atoms with E-state index in [4.69, 9.17) is 9.26 Å². The van der Waals surface area contributed by atoms with Crippen LogP contribution in [0.15, 0.2) is 57.9 Å². The van der Waals surface area contributed by atoms with Gasteiger partial charge in [0.25, 0.3) is 10.0 Å². The van der Waals surface area contributed by atoms with E-state index in [1.807, 2.05) is 39.1 Å². The highest BCUT2D eigenvalue weighted by atomic mass is 32.2. The van der Waals surface area contributed by atoms with Gasteiger partial charge in [-0.25, -0.2) is 8.42 Å². The number of rotatable bonds is 9. The Bertz CT molecular complexity index is 1410. The molecule has 1 aromatic heterocycles. The second-order valence-corrected chi connectivity index (χ2v) is 12.3. The molecule has 11 heteroatoms. The molecule has 0 bridgehead atoms. The number of aliphatic hydroxyl groups excluding tert-OH is 1. The first-order valence-corrected chi connectivity index (χ1v) is 14.8. The van der Waals surface area contributed by atoms with Crippen molar-refractivity contribution in [2.24, 2.45) is 5.92 Å². The number of nitrogens with one attached hydrogen (secondary N) is 1. The van der Waals surface area contributed by atoms with E-state index in [1.54, 1.807) is 30.0 Å². The fraction of sp³-hybridized carbons (Fsp3) is 0.448. The molecule has 3 aromatic rings. The number of aromatic nitrogens is 1. The molecule has 40 heavy (non-hydrogen) atoms. The van der Waals surface area contributed by atoms with Crippen molar-refractivity contribution in [1.82, 2.24) is 15.0 Å². The van der Waals surface area contributed by atoms with Gasteiger partial charge >= 0.3 is 0 Å². The minimum Gasteiger partial charge on any atom is -0.488 e. The van der Waals surface area contributed by atoms with Gasteiger partial charge < -0.3 is 19.3 Å². The second-order valence-electron chi connectivity index (χ2n) is 10.7. The number of sulfonamides is 1. The number of nitrogens with zero attached hydrogens (tertiary/aromatic N) is 3. The SMILES string of the molecule is Cc1noc(C)c1S(=O)(=O)Nc1ccc2c(c1)CC(=O)N([C@H](C)CO)C[C@@H](C)[C@H](CN(C)Cc1ccccc1)O2. The van der Waals surface area contributed by atoms with Gasteiger partial charge in [-0.3, -0.25) is 14.4 Å². The molecule has 1 aliphatic rings. The van der Waals surface area contributed by atoms with Crippen molar-refractivity contribution in [2.75, 3.05) is 31.5 Å². The third kappa shape index (κ3) is 6.83. The molecule has 10 nitrogen and oxygen atoms in total. The molecule has 0 saturated carbocycles. The zero-order valence-corrected chi connectivity index (χ0v) is 24.4. The number of benzene rings is 2. The molecule has 0 saturated heterocycles. The molecular formula is C29H38N4O6S. The lowest BCUT2D eigenvalue weighted by atomic mass is 10.0. The van der Waals surface area contributed by atoms with Crippen molar-refractivity contribution in [3.05, 3.63) is 71.1 Å². The predicted octanol–water partition coefficient (Wildman–Crippen LogP) is 3.37. The van der Waals surface area contributed by atoms with Crippen molar-refractivity contribution in [3.63, 3.8) is 0 Å². The molecule has 1 aliphatic heterocycles. The molecule has 0 radical (unpaired) electrons. The zero-order chi connectivity index (χ0) is 29.0. The maximum Gasteiger partial charge on any atom is 0.267 e. The average Bonchev–Trinajstić information content (AvgIpc) is 3.27. The van der Waals surface area contributed by atoms with Crippen LogP contribution in [0.1, 0.15) is 36.4 Å². The quantitative estimate of drug-likeness (QED) is 0.401. The maximum atomic E-state index is 13.5. The fourth-order valence-electron chi connectivity index (χ4n) is 5.04. The van der Waals surface area contributed by atoms with Crippen molar-refractivity contribution in [3.8, 4) is 5.75 Å². The molecule has 2 heterocycles. The molecule has 216 valence electrons. The standard InChI is InChI=1S/C29H38N4O6S/c1-19-15-33(20(2)18-34)28(35)14-24-13-25(31-40(36,37)29-21(3)30-39-22(29)4)11-12-26(24)38-27(19)17-32(5)16-23-9-7-6-8-10-23/h6-13,19-20,27,31,34H,14-18H2,1-5H3/t19-,20-,27+/m1/s1. The number of likely N-dealkylation sites (N-methyl/N-ethyl adjacent to an activating group) is 1. The van der Waals surface area contributed by atoms with Crippen molar-refractivity contribution >= 4 is 21.6 Å². The molecule has 0 fully saturated rings. The Morgan fingerprint density at radius 1 is 1.20 bits per heavy atom. The fourth-order valence-corrected chi connectivity index (χ4v) is 6.42. The minimum absolute atomic E-state index is 0.000142. The number of fused-ring (bicyclic) bond motifs is 1. The van der Waals surface area contributed by atoms with Gasteiger partial charge in [0.2, 0.25) is 5.91 Å². The minimum atomic E-state index is -3.97. The van der Waals surface area contributed by atoms with E-state index in [9.17, 15) is 18.3 Å². The summed E-state index contributed by atoms with van der Waals surface area (Å²) in [6.07, 6.45) is -0.267. The van der Waals surface area contributed by atoms with E-state index < -0.39 is 10.0 Å². The topological polar surface area (TPSA) is 125 Å². The lowest BCUT2D eigenvalue weighted by Gasteiger charge is -2.34. The summed E-state index contributed by atoms with van der Waals surface area (Å²) in [4.78, 5) is 17.3. The zero-order valence-electron chi connectivity index (χ0n) is 23.6. The number of amides is 1. The van der Waals surface area contributed by atoms with Crippen LogP contribution in [0.25, 0.3) is 0 Å². The molecular weight excluding hydrogens is 532 g/mol. The monoisotopic (exact) mass is 570 g/mol. The molecule has 0 unspecified atom stereocenters. The number of hydrogen-bond donors (Lipinski definition) is 2. The van der Waals surface area contributed by atoms with Crippen LogP contribution in [0.2, 0.25) is 0 Å². The summed E-state index contributed by atoms with van der Waals surface area (Å²) in [7, 11) is -1.94. The molecule has 4 rings (SSSR count). The van der Waals surface area contributed by atoms with Crippen LogP contribution in [-0.2, 0) is 27.8 Å². The van der Waals surface area contributed by atoms with Gasteiger partial charge in [-0.2, -0.15) is 0 Å². The highest BCUT2D eigenvalue weighted by Gasteiger charge is 2.31. The van der Waals surface area contributed by atoms with E-state index in [2.05, 4.69) is 26.9 Å². The Hall–Kier alpha value is -3.41. The normalized spacial score (nSPS) is 18.9. The Morgan fingerprint density at radius 3 is 2.58 bits per heavy atom. The summed E-state index contributed by atoms with van der Waals surface area (Å²) in [5.41, 5.74) is 2.30. The first-order valence-electron chi connectivity index (χ1n) is 13.4. The van der Waals surface area contributed by atoms with Gasteiger partial charge in [-0.15, -0.1) is 0 Å². The van der Waals surface area contributed by atoms with Crippen molar-refractivity contribution in [1.29, 1.82) is 0 Å². The summed E-state index contributed by atoms with van der Waals surface area (Å²) in [5.74, 6) is 0.510. The molecule has 0 aliphatic carbocycles. The van der Waals surface area contributed by atoms with Gasteiger partial charge in [0.15, 0.2) is 10.7 Å². The Labute approximate surface area is 236 Å². The largest absolute Gasteiger partial charge is 0.488 e. The van der Waals surface area contributed by atoms with Crippen molar-refractivity contribution < 1.29 is 27.6 Å². The summed E-state index contributed by atoms with van der Waals surface area (Å²) in [6, 6.07) is 14.7. The van der Waals surface area contributed by atoms with Crippen LogP contribution in [0.3, 0.4) is 0 Å². The smallest absolute Gasteiger partial charge is 0.267 e. The first kappa shape index (κ1) is 29.6. The van der Waals surface area contributed by atoms with E-state index in [0.717, 1.165) is 6.54 Å². The number of anilines is 1. The van der Waals surface area contributed by atoms with Gasteiger partial charge in [0.1, 0.15) is 17.5 Å². The lowest BCUT2D eigenvalue weighted by Crippen LogP contribution is -2.47. The molecule has 2 aromatic carbocycles. The molecule has 1 amide bonds. The van der Waals surface area contributed by atoms with Gasteiger partial charge in [0, 0.05) is 36.8 Å². The van der Waals surface area contributed by atoms with Crippen LogP contribution in [0.5, 0.6) is 5.75 Å². The second kappa shape index (κ2) is 12.4. The average molecular weight is 571 g/mol. The van der Waals surface area contributed by atoms with Crippen LogP contribution < -0.4 is 9.46 Å². The van der Waals surface area contributed by atoms with Crippen LogP contribution in [0.4, 0.5) is 5.69 Å². The Morgan fingerprint density at radius 2 is 1.93 bits per heavy atom. The van der Waals surface area contributed by atoms with Crippen LogP contribution in [-0.4, -0.2) is 73.3 Å². The molecule has 2 N–H and O–H groups in total. The summed E-state index contributed by atoms with van der Waals surface area (Å²) in [5, 5.41) is 13.6.